The predicted octanol–water partition coefficient (Wildman–Crippen LogP) is 3.19. The van der Waals surface area contributed by atoms with E-state index in [9.17, 15) is 0 Å². The van der Waals surface area contributed by atoms with Crippen molar-refractivity contribution in [3.8, 4) is 0 Å². The van der Waals surface area contributed by atoms with Crippen LogP contribution in [0.5, 0.6) is 0 Å². The van der Waals surface area contributed by atoms with E-state index in [0.717, 1.165) is 17.4 Å². The molecule has 7 heteroatoms. The molecule has 0 amide bonds. The Morgan fingerprint density at radius 3 is 2.89 bits per heavy atom. The molecule has 2 aromatic heterocycles. The van der Waals surface area contributed by atoms with Gasteiger partial charge in [-0.25, -0.2) is 0 Å². The van der Waals surface area contributed by atoms with Gasteiger partial charge in [0.25, 0.3) is 0 Å². The van der Waals surface area contributed by atoms with Crippen molar-refractivity contribution in [2.24, 2.45) is 0 Å². The van der Waals surface area contributed by atoms with Crippen LogP contribution in [-0.2, 0) is 6.54 Å². The highest BCUT2D eigenvalue weighted by atomic mass is 32.1. The molecule has 0 fully saturated rings. The van der Waals surface area contributed by atoms with Gasteiger partial charge >= 0.3 is 0 Å². The first-order valence-corrected chi connectivity index (χ1v) is 6.91. The number of H-pyrrole nitrogens is 1. The summed E-state index contributed by atoms with van der Waals surface area (Å²) >= 11 is 6.38. The summed E-state index contributed by atoms with van der Waals surface area (Å²) in [6, 6.07) is 10.2. The standard InChI is InChI=1S/C12H11N5S2/c18-12-16-15-11(19-12)14-10-6-13-17(8-10)7-9-4-2-1-3-5-9/h1-6,8H,7H2,(H,14,15)(H,16,18). The van der Waals surface area contributed by atoms with Crippen LogP contribution >= 0.6 is 23.6 Å². The van der Waals surface area contributed by atoms with Crippen LogP contribution < -0.4 is 5.32 Å². The lowest BCUT2D eigenvalue weighted by atomic mass is 10.2. The summed E-state index contributed by atoms with van der Waals surface area (Å²) in [4.78, 5) is 0. The second kappa shape index (κ2) is 5.33. The third-order valence-corrected chi connectivity index (χ3v) is 3.51. The van der Waals surface area contributed by atoms with Gasteiger partial charge in [0.15, 0.2) is 3.95 Å². The summed E-state index contributed by atoms with van der Waals surface area (Å²) in [7, 11) is 0. The fourth-order valence-corrected chi connectivity index (χ4v) is 2.50. The number of nitrogens with zero attached hydrogens (tertiary/aromatic N) is 3. The maximum Gasteiger partial charge on any atom is 0.208 e. The Morgan fingerprint density at radius 1 is 1.32 bits per heavy atom. The quantitative estimate of drug-likeness (QED) is 0.724. The van der Waals surface area contributed by atoms with Crippen LogP contribution in [0.25, 0.3) is 0 Å². The van der Waals surface area contributed by atoms with Gasteiger partial charge in [-0.2, -0.15) is 5.10 Å². The molecule has 5 nitrogen and oxygen atoms in total. The molecule has 96 valence electrons. The zero-order chi connectivity index (χ0) is 13.1. The highest BCUT2D eigenvalue weighted by molar-refractivity contribution is 7.73. The lowest BCUT2D eigenvalue weighted by molar-refractivity contribution is 0.687. The number of aromatic amines is 1. The highest BCUT2D eigenvalue weighted by Gasteiger charge is 2.02. The number of rotatable bonds is 4. The van der Waals surface area contributed by atoms with E-state index in [1.54, 1.807) is 6.20 Å². The number of hydrogen-bond acceptors (Lipinski definition) is 5. The molecule has 3 rings (SSSR count). The zero-order valence-corrected chi connectivity index (χ0v) is 11.5. The molecule has 0 saturated carbocycles. The molecule has 0 aliphatic carbocycles. The molecule has 0 aliphatic heterocycles. The van der Waals surface area contributed by atoms with Crippen molar-refractivity contribution >= 4 is 34.4 Å². The van der Waals surface area contributed by atoms with Crippen LogP contribution in [-0.4, -0.2) is 20.0 Å². The molecule has 0 aliphatic rings. The first-order valence-electron chi connectivity index (χ1n) is 5.68. The van der Waals surface area contributed by atoms with Crippen molar-refractivity contribution < 1.29 is 0 Å². The van der Waals surface area contributed by atoms with E-state index in [0.29, 0.717) is 3.95 Å². The van der Waals surface area contributed by atoms with Crippen molar-refractivity contribution in [1.29, 1.82) is 0 Å². The van der Waals surface area contributed by atoms with Gasteiger partial charge in [-0.15, -0.1) is 5.10 Å². The van der Waals surface area contributed by atoms with Crippen molar-refractivity contribution in [3.63, 3.8) is 0 Å². The summed E-state index contributed by atoms with van der Waals surface area (Å²) in [5, 5.41) is 15.0. The van der Waals surface area contributed by atoms with Crippen LogP contribution in [0, 0.1) is 3.95 Å². The minimum Gasteiger partial charge on any atom is -0.328 e. The number of nitrogens with one attached hydrogen (secondary N) is 2. The summed E-state index contributed by atoms with van der Waals surface area (Å²) < 4.78 is 2.53. The molecule has 19 heavy (non-hydrogen) atoms. The Kier molecular flexibility index (Phi) is 3.39. The van der Waals surface area contributed by atoms with E-state index >= 15 is 0 Å². The van der Waals surface area contributed by atoms with E-state index in [1.807, 2.05) is 29.1 Å². The monoisotopic (exact) mass is 289 g/mol. The molecule has 1 aromatic carbocycles. The summed E-state index contributed by atoms with van der Waals surface area (Å²) in [5.74, 6) is 0. The normalized spacial score (nSPS) is 10.5. The fourth-order valence-electron chi connectivity index (χ4n) is 1.69. The minimum atomic E-state index is 0.652. The molecule has 0 saturated heterocycles. The van der Waals surface area contributed by atoms with Gasteiger partial charge in [0.1, 0.15) is 0 Å². The topological polar surface area (TPSA) is 58.5 Å². The van der Waals surface area contributed by atoms with Gasteiger partial charge in [-0.05, 0) is 17.8 Å². The Labute approximate surface area is 118 Å². The Hall–Kier alpha value is -1.99. The number of anilines is 2. The first-order chi connectivity index (χ1) is 9.29. The SMILES string of the molecule is S=c1[nH]nc(Nc2cnn(Cc3ccccc3)c2)s1. The lowest BCUT2D eigenvalue weighted by Crippen LogP contribution is -1.99. The molecule has 0 unspecified atom stereocenters. The van der Waals surface area contributed by atoms with Gasteiger partial charge < -0.3 is 5.32 Å². The minimum absolute atomic E-state index is 0.652. The van der Waals surface area contributed by atoms with Crippen LogP contribution in [0.2, 0.25) is 0 Å². The Bertz CT molecular complexity index is 713. The van der Waals surface area contributed by atoms with Gasteiger partial charge in [0.05, 0.1) is 18.4 Å². The first kappa shape index (κ1) is 12.1. The van der Waals surface area contributed by atoms with Crippen molar-refractivity contribution in [2.45, 2.75) is 6.54 Å². The van der Waals surface area contributed by atoms with Crippen LogP contribution in [0.4, 0.5) is 10.8 Å². The summed E-state index contributed by atoms with van der Waals surface area (Å²) in [6.45, 7) is 0.749. The van der Waals surface area contributed by atoms with Crippen LogP contribution in [0.15, 0.2) is 42.7 Å². The highest BCUT2D eigenvalue weighted by Crippen LogP contribution is 2.18. The molecule has 0 atom stereocenters. The molecule has 0 spiro atoms. The Balaban J connectivity index is 1.71. The molecule has 3 aromatic rings. The zero-order valence-electron chi connectivity index (χ0n) is 9.91. The smallest absolute Gasteiger partial charge is 0.208 e. The fraction of sp³-hybridized carbons (Fsp3) is 0.0833. The third-order valence-electron chi connectivity index (χ3n) is 2.51. The average molecular weight is 289 g/mol. The molecule has 0 bridgehead atoms. The van der Waals surface area contributed by atoms with E-state index < -0.39 is 0 Å². The van der Waals surface area contributed by atoms with Gasteiger partial charge in [-0.3, -0.25) is 9.78 Å². The summed E-state index contributed by atoms with van der Waals surface area (Å²) in [5.41, 5.74) is 2.11. The third kappa shape index (κ3) is 3.07. The lowest BCUT2D eigenvalue weighted by Gasteiger charge is -2.00. The van der Waals surface area contributed by atoms with E-state index in [4.69, 9.17) is 12.2 Å². The van der Waals surface area contributed by atoms with Crippen LogP contribution in [0.3, 0.4) is 0 Å². The average Bonchev–Trinajstić information content (AvgIpc) is 3.01. The van der Waals surface area contributed by atoms with E-state index in [2.05, 4.69) is 32.7 Å². The maximum atomic E-state index is 4.98. The van der Waals surface area contributed by atoms with Gasteiger partial charge in [0, 0.05) is 6.20 Å². The molecule has 2 N–H and O–H groups in total. The summed E-state index contributed by atoms with van der Waals surface area (Å²) in [6.07, 6.45) is 3.71. The predicted molar refractivity (Wildman–Crippen MR) is 78.4 cm³/mol. The van der Waals surface area contributed by atoms with Gasteiger partial charge in [-0.1, -0.05) is 41.7 Å². The van der Waals surface area contributed by atoms with Crippen molar-refractivity contribution in [3.05, 3.63) is 52.2 Å². The largest absolute Gasteiger partial charge is 0.328 e. The van der Waals surface area contributed by atoms with Crippen molar-refractivity contribution in [1.82, 2.24) is 20.0 Å². The van der Waals surface area contributed by atoms with E-state index in [1.165, 1.54) is 16.9 Å². The Morgan fingerprint density at radius 2 is 2.16 bits per heavy atom. The van der Waals surface area contributed by atoms with Gasteiger partial charge in [0.2, 0.25) is 5.13 Å². The molecule has 2 heterocycles. The van der Waals surface area contributed by atoms with Crippen LogP contribution in [0.1, 0.15) is 5.56 Å². The molecule has 0 radical (unpaired) electrons. The second-order valence-electron chi connectivity index (χ2n) is 3.96. The molecular formula is C12H11N5S2. The number of benzene rings is 1. The number of hydrogen-bond donors (Lipinski definition) is 2. The second-order valence-corrected chi connectivity index (χ2v) is 5.62. The van der Waals surface area contributed by atoms with Crippen molar-refractivity contribution in [2.75, 3.05) is 5.32 Å². The van der Waals surface area contributed by atoms with E-state index in [-0.39, 0.29) is 0 Å². The molecular weight excluding hydrogens is 278 g/mol. The number of aromatic nitrogens is 4. The maximum absolute atomic E-state index is 4.98.